The fourth-order valence-corrected chi connectivity index (χ4v) is 2.51. The number of anilines is 1. The molecule has 1 aliphatic heterocycles. The molecule has 0 amide bonds. The Labute approximate surface area is 118 Å². The minimum Gasteiger partial charge on any atom is -0.496 e. The van der Waals surface area contributed by atoms with Gasteiger partial charge in [-0.1, -0.05) is 0 Å². The van der Waals surface area contributed by atoms with E-state index in [2.05, 4.69) is 17.1 Å². The molecule has 1 fully saturated rings. The molecular weight excluding hydrogens is 258 g/mol. The van der Waals surface area contributed by atoms with Crippen LogP contribution in [0, 0.1) is 10.1 Å². The van der Waals surface area contributed by atoms with Crippen molar-refractivity contribution in [2.24, 2.45) is 0 Å². The van der Waals surface area contributed by atoms with Gasteiger partial charge in [0.05, 0.1) is 18.1 Å². The minimum atomic E-state index is -0.384. The Morgan fingerprint density at radius 3 is 2.75 bits per heavy atom. The number of nitrogens with one attached hydrogen (secondary N) is 1. The lowest BCUT2D eigenvalue weighted by Gasteiger charge is -2.24. The van der Waals surface area contributed by atoms with E-state index in [0.717, 1.165) is 13.1 Å². The summed E-state index contributed by atoms with van der Waals surface area (Å²) >= 11 is 0. The molecule has 0 radical (unpaired) electrons. The van der Waals surface area contributed by atoms with Gasteiger partial charge in [-0.05, 0) is 45.0 Å². The normalized spacial score (nSPS) is 16.9. The number of benzene rings is 1. The number of hydrogen-bond acceptors (Lipinski definition) is 5. The van der Waals surface area contributed by atoms with Crippen molar-refractivity contribution in [3.8, 4) is 5.75 Å². The molecule has 110 valence electrons. The molecule has 6 heteroatoms. The molecule has 1 N–H and O–H groups in total. The maximum atomic E-state index is 11.1. The third-order valence-electron chi connectivity index (χ3n) is 3.75. The Hall–Kier alpha value is -1.82. The first-order valence-electron chi connectivity index (χ1n) is 6.92. The summed E-state index contributed by atoms with van der Waals surface area (Å²) < 4.78 is 5.03. The van der Waals surface area contributed by atoms with Crippen LogP contribution in [0.1, 0.15) is 19.8 Å². The van der Waals surface area contributed by atoms with Crippen molar-refractivity contribution < 1.29 is 9.66 Å². The van der Waals surface area contributed by atoms with E-state index in [1.807, 2.05) is 0 Å². The number of hydrogen-bond donors (Lipinski definition) is 1. The van der Waals surface area contributed by atoms with Crippen molar-refractivity contribution in [1.82, 2.24) is 4.90 Å². The molecule has 0 saturated carbocycles. The Morgan fingerprint density at radius 1 is 1.45 bits per heavy atom. The maximum absolute atomic E-state index is 11.1. The SMILES string of the molecule is COc1ccc(NCC(C)N2CCCC2)c([N+](=O)[O-])c1. The van der Waals surface area contributed by atoms with E-state index in [9.17, 15) is 10.1 Å². The standard InChI is InChI=1S/C14H21N3O3/c1-11(16-7-3-4-8-16)10-15-13-6-5-12(20-2)9-14(13)17(18)19/h5-6,9,11,15H,3-4,7-8,10H2,1-2H3. The largest absolute Gasteiger partial charge is 0.496 e. The summed E-state index contributed by atoms with van der Waals surface area (Å²) in [4.78, 5) is 13.1. The molecule has 0 aromatic heterocycles. The Morgan fingerprint density at radius 2 is 2.15 bits per heavy atom. The molecule has 1 saturated heterocycles. The number of nitrogens with zero attached hydrogens (tertiary/aromatic N) is 2. The zero-order chi connectivity index (χ0) is 14.5. The smallest absolute Gasteiger partial charge is 0.296 e. The molecule has 6 nitrogen and oxygen atoms in total. The first-order chi connectivity index (χ1) is 9.61. The molecule has 1 aliphatic rings. The molecular formula is C14H21N3O3. The molecule has 1 aromatic rings. The van der Waals surface area contributed by atoms with Crippen molar-refractivity contribution in [3.63, 3.8) is 0 Å². The summed E-state index contributed by atoms with van der Waals surface area (Å²) in [5.74, 6) is 0.495. The fraction of sp³-hybridized carbons (Fsp3) is 0.571. The lowest BCUT2D eigenvalue weighted by Crippen LogP contribution is -2.35. The zero-order valence-corrected chi connectivity index (χ0v) is 12.0. The molecule has 0 bridgehead atoms. The van der Waals surface area contributed by atoms with Gasteiger partial charge in [0.25, 0.3) is 5.69 Å². The number of nitro groups is 1. The number of nitro benzene ring substituents is 1. The van der Waals surface area contributed by atoms with E-state index in [4.69, 9.17) is 4.74 Å². The van der Waals surface area contributed by atoms with Crippen LogP contribution >= 0.6 is 0 Å². The van der Waals surface area contributed by atoms with Crippen molar-refractivity contribution in [2.75, 3.05) is 32.1 Å². The minimum absolute atomic E-state index is 0.0537. The molecule has 1 aromatic carbocycles. The number of methoxy groups -OCH3 is 1. The summed E-state index contributed by atoms with van der Waals surface area (Å²) in [6, 6.07) is 5.26. The summed E-state index contributed by atoms with van der Waals surface area (Å²) in [7, 11) is 1.50. The summed E-state index contributed by atoms with van der Waals surface area (Å²) in [6.07, 6.45) is 2.49. The van der Waals surface area contributed by atoms with Crippen molar-refractivity contribution in [1.29, 1.82) is 0 Å². The van der Waals surface area contributed by atoms with Crippen LogP contribution < -0.4 is 10.1 Å². The van der Waals surface area contributed by atoms with Crippen LogP contribution in [-0.2, 0) is 0 Å². The number of rotatable bonds is 6. The van der Waals surface area contributed by atoms with Crippen molar-refractivity contribution in [3.05, 3.63) is 28.3 Å². The number of likely N-dealkylation sites (tertiary alicyclic amines) is 1. The molecule has 1 atom stereocenters. The average molecular weight is 279 g/mol. The monoisotopic (exact) mass is 279 g/mol. The maximum Gasteiger partial charge on any atom is 0.296 e. The van der Waals surface area contributed by atoms with Gasteiger partial charge in [-0.2, -0.15) is 0 Å². The average Bonchev–Trinajstić information content (AvgIpc) is 2.98. The highest BCUT2D eigenvalue weighted by Gasteiger charge is 2.20. The van der Waals surface area contributed by atoms with Crippen molar-refractivity contribution in [2.45, 2.75) is 25.8 Å². The van der Waals surface area contributed by atoms with Gasteiger partial charge in [0.15, 0.2) is 0 Å². The van der Waals surface area contributed by atoms with Gasteiger partial charge in [0, 0.05) is 12.6 Å². The third kappa shape index (κ3) is 3.39. The van der Waals surface area contributed by atoms with E-state index in [-0.39, 0.29) is 10.6 Å². The molecule has 20 heavy (non-hydrogen) atoms. The first-order valence-corrected chi connectivity index (χ1v) is 6.92. The highest BCUT2D eigenvalue weighted by molar-refractivity contribution is 5.63. The van der Waals surface area contributed by atoms with Crippen LogP contribution in [-0.4, -0.2) is 42.6 Å². The second-order valence-electron chi connectivity index (χ2n) is 5.11. The van der Waals surface area contributed by atoms with Crippen molar-refractivity contribution >= 4 is 11.4 Å². The van der Waals surface area contributed by atoms with Gasteiger partial charge < -0.3 is 10.1 Å². The van der Waals surface area contributed by atoms with Crippen LogP contribution in [0.25, 0.3) is 0 Å². The van der Waals surface area contributed by atoms with E-state index < -0.39 is 0 Å². The quantitative estimate of drug-likeness (QED) is 0.640. The molecule has 0 spiro atoms. The van der Waals surface area contributed by atoms with Gasteiger partial charge in [-0.15, -0.1) is 0 Å². The van der Waals surface area contributed by atoms with Gasteiger partial charge in [0.1, 0.15) is 11.4 Å². The van der Waals surface area contributed by atoms with E-state index >= 15 is 0 Å². The lowest BCUT2D eigenvalue weighted by molar-refractivity contribution is -0.384. The second-order valence-corrected chi connectivity index (χ2v) is 5.11. The second kappa shape index (κ2) is 6.56. The molecule has 1 unspecified atom stereocenters. The van der Waals surface area contributed by atoms with Crippen LogP contribution in [0.4, 0.5) is 11.4 Å². The Kier molecular flexibility index (Phi) is 4.79. The highest BCUT2D eigenvalue weighted by Crippen LogP contribution is 2.29. The van der Waals surface area contributed by atoms with E-state index in [0.29, 0.717) is 24.0 Å². The Bertz CT molecular complexity index is 473. The van der Waals surface area contributed by atoms with Gasteiger partial charge in [-0.25, -0.2) is 0 Å². The van der Waals surface area contributed by atoms with Gasteiger partial charge >= 0.3 is 0 Å². The fourth-order valence-electron chi connectivity index (χ4n) is 2.51. The molecule has 2 rings (SSSR count). The summed E-state index contributed by atoms with van der Waals surface area (Å²) in [5, 5.41) is 14.3. The number of ether oxygens (including phenoxy) is 1. The first kappa shape index (κ1) is 14.6. The lowest BCUT2D eigenvalue weighted by atomic mass is 10.2. The predicted molar refractivity (Wildman–Crippen MR) is 78.4 cm³/mol. The van der Waals surface area contributed by atoms with Gasteiger partial charge in [0.2, 0.25) is 0 Å². The summed E-state index contributed by atoms with van der Waals surface area (Å²) in [6.45, 7) is 5.09. The van der Waals surface area contributed by atoms with Crippen LogP contribution in [0.2, 0.25) is 0 Å². The third-order valence-corrected chi connectivity index (χ3v) is 3.75. The Balaban J connectivity index is 2.02. The zero-order valence-electron chi connectivity index (χ0n) is 12.0. The van der Waals surface area contributed by atoms with E-state index in [1.54, 1.807) is 12.1 Å². The topological polar surface area (TPSA) is 67.6 Å². The summed E-state index contributed by atoms with van der Waals surface area (Å²) in [5.41, 5.74) is 0.597. The highest BCUT2D eigenvalue weighted by atomic mass is 16.6. The molecule has 0 aliphatic carbocycles. The molecule has 1 heterocycles. The van der Waals surface area contributed by atoms with E-state index in [1.165, 1.54) is 26.0 Å². The van der Waals surface area contributed by atoms with Crippen LogP contribution in [0.15, 0.2) is 18.2 Å². The van der Waals surface area contributed by atoms with Crippen LogP contribution in [0.5, 0.6) is 5.75 Å². The van der Waals surface area contributed by atoms with Crippen LogP contribution in [0.3, 0.4) is 0 Å². The van der Waals surface area contributed by atoms with Gasteiger partial charge in [-0.3, -0.25) is 15.0 Å². The predicted octanol–water partition coefficient (Wildman–Crippen LogP) is 2.50.